The first kappa shape index (κ1) is 22.1. The Bertz CT molecular complexity index is 1060. The van der Waals surface area contributed by atoms with Gasteiger partial charge in [-0.05, 0) is 29.8 Å². The van der Waals surface area contributed by atoms with Crippen LogP contribution in [0, 0.1) is 11.6 Å². The molecule has 31 heavy (non-hydrogen) atoms. The first-order chi connectivity index (χ1) is 14.9. The van der Waals surface area contributed by atoms with Crippen molar-refractivity contribution in [3.8, 4) is 22.8 Å². The van der Waals surface area contributed by atoms with Crippen molar-refractivity contribution in [1.82, 2.24) is 10.3 Å². The summed E-state index contributed by atoms with van der Waals surface area (Å²) in [5.74, 6) is -1.47. The summed E-state index contributed by atoms with van der Waals surface area (Å²) < 4.78 is 66.6. The number of amides is 1. The van der Waals surface area contributed by atoms with Crippen molar-refractivity contribution in [3.63, 3.8) is 0 Å². The Morgan fingerprint density at radius 3 is 2.68 bits per heavy atom. The van der Waals surface area contributed by atoms with E-state index in [0.717, 1.165) is 12.1 Å². The molecule has 0 aliphatic rings. The molecule has 0 saturated carbocycles. The van der Waals surface area contributed by atoms with Gasteiger partial charge in [-0.25, -0.2) is 13.8 Å². The van der Waals surface area contributed by atoms with Gasteiger partial charge in [-0.3, -0.25) is 4.79 Å². The number of carbonyl (C=O) groups is 1. The van der Waals surface area contributed by atoms with Crippen LogP contribution in [-0.4, -0.2) is 24.6 Å². The summed E-state index contributed by atoms with van der Waals surface area (Å²) in [6, 6.07) is 7.50. The standard InChI is InChI=1S/C21H18F4N2O4/c1-29-16-5-2-12(8-17(16)31-21(24)25)10-26-19(28)6-7-20-27-11-18(30-20)14-4-3-13(22)9-15(14)23/h2-5,8-9,11,21H,6-7,10H2,1H3,(H,26,28). The molecule has 0 bridgehead atoms. The smallest absolute Gasteiger partial charge is 0.387 e. The van der Waals surface area contributed by atoms with Gasteiger partial charge in [0.25, 0.3) is 0 Å². The van der Waals surface area contributed by atoms with Gasteiger partial charge >= 0.3 is 6.61 Å². The summed E-state index contributed by atoms with van der Waals surface area (Å²) in [6.07, 6.45) is 1.48. The van der Waals surface area contributed by atoms with Crippen LogP contribution < -0.4 is 14.8 Å². The van der Waals surface area contributed by atoms with Crippen LogP contribution in [0.15, 0.2) is 47.0 Å². The van der Waals surface area contributed by atoms with Gasteiger partial charge in [0.15, 0.2) is 23.1 Å². The SMILES string of the molecule is COc1ccc(CNC(=O)CCc2ncc(-c3ccc(F)cc3F)o2)cc1OC(F)F. The van der Waals surface area contributed by atoms with Crippen LogP contribution in [0.3, 0.4) is 0 Å². The fourth-order valence-electron chi connectivity index (χ4n) is 2.77. The van der Waals surface area contributed by atoms with E-state index in [9.17, 15) is 22.4 Å². The average Bonchev–Trinajstić information content (AvgIpc) is 3.19. The number of methoxy groups -OCH3 is 1. The van der Waals surface area contributed by atoms with Crippen molar-refractivity contribution in [3.05, 3.63) is 65.7 Å². The van der Waals surface area contributed by atoms with Crippen molar-refractivity contribution >= 4 is 5.91 Å². The third-order valence-corrected chi connectivity index (χ3v) is 4.25. The van der Waals surface area contributed by atoms with Crippen LogP contribution in [0.2, 0.25) is 0 Å². The summed E-state index contributed by atoms with van der Waals surface area (Å²) in [7, 11) is 1.33. The van der Waals surface area contributed by atoms with Gasteiger partial charge in [-0.15, -0.1) is 0 Å². The van der Waals surface area contributed by atoms with Crippen molar-refractivity contribution < 1.29 is 36.2 Å². The number of aryl methyl sites for hydroxylation is 1. The number of hydrogen-bond donors (Lipinski definition) is 1. The zero-order chi connectivity index (χ0) is 22.4. The van der Waals surface area contributed by atoms with E-state index in [0.29, 0.717) is 5.56 Å². The predicted molar refractivity (Wildman–Crippen MR) is 102 cm³/mol. The molecule has 3 aromatic rings. The fraction of sp³-hybridized carbons (Fsp3) is 0.238. The highest BCUT2D eigenvalue weighted by Crippen LogP contribution is 2.29. The van der Waals surface area contributed by atoms with Gasteiger partial charge in [-0.1, -0.05) is 6.07 Å². The third kappa shape index (κ3) is 5.97. The van der Waals surface area contributed by atoms with Gasteiger partial charge in [0.05, 0.1) is 18.9 Å². The molecule has 0 aliphatic carbocycles. The number of rotatable bonds is 9. The second-order valence-electron chi connectivity index (χ2n) is 6.38. The van der Waals surface area contributed by atoms with E-state index in [1.54, 1.807) is 6.07 Å². The molecule has 0 saturated heterocycles. The van der Waals surface area contributed by atoms with E-state index in [1.165, 1.54) is 31.5 Å². The van der Waals surface area contributed by atoms with Crippen LogP contribution in [0.4, 0.5) is 17.6 Å². The van der Waals surface area contributed by atoms with Crippen molar-refractivity contribution in [2.45, 2.75) is 26.0 Å². The minimum atomic E-state index is -3.01. The fourth-order valence-corrected chi connectivity index (χ4v) is 2.77. The first-order valence-corrected chi connectivity index (χ1v) is 9.14. The molecular weight excluding hydrogens is 420 g/mol. The number of aromatic nitrogens is 1. The van der Waals surface area contributed by atoms with Gasteiger partial charge in [0.2, 0.25) is 5.91 Å². The maximum absolute atomic E-state index is 13.8. The molecule has 0 spiro atoms. The number of carbonyl (C=O) groups excluding carboxylic acids is 1. The van der Waals surface area contributed by atoms with Crippen LogP contribution in [0.5, 0.6) is 11.5 Å². The zero-order valence-corrected chi connectivity index (χ0v) is 16.3. The number of benzene rings is 2. The lowest BCUT2D eigenvalue weighted by Crippen LogP contribution is -2.23. The molecule has 1 aromatic heterocycles. The highest BCUT2D eigenvalue weighted by atomic mass is 19.3. The Morgan fingerprint density at radius 1 is 1.16 bits per heavy atom. The quantitative estimate of drug-likeness (QED) is 0.499. The number of oxazole rings is 1. The van der Waals surface area contributed by atoms with Crippen LogP contribution in [-0.2, 0) is 17.8 Å². The maximum atomic E-state index is 13.8. The van der Waals surface area contributed by atoms with E-state index in [4.69, 9.17) is 9.15 Å². The Labute approximate surface area is 174 Å². The molecule has 0 aliphatic heterocycles. The second-order valence-corrected chi connectivity index (χ2v) is 6.38. The largest absolute Gasteiger partial charge is 0.493 e. The highest BCUT2D eigenvalue weighted by molar-refractivity contribution is 5.76. The summed E-state index contributed by atoms with van der Waals surface area (Å²) >= 11 is 0. The lowest BCUT2D eigenvalue weighted by atomic mass is 10.2. The van der Waals surface area contributed by atoms with Crippen molar-refractivity contribution in [2.75, 3.05) is 7.11 Å². The number of nitrogens with one attached hydrogen (secondary N) is 1. The van der Waals surface area contributed by atoms with Crippen molar-refractivity contribution in [2.24, 2.45) is 0 Å². The topological polar surface area (TPSA) is 73.6 Å². The average molecular weight is 438 g/mol. The molecule has 164 valence electrons. The minimum absolute atomic E-state index is 0.0302. The molecule has 0 unspecified atom stereocenters. The van der Waals surface area contributed by atoms with Crippen LogP contribution in [0.25, 0.3) is 11.3 Å². The monoisotopic (exact) mass is 438 g/mol. The van der Waals surface area contributed by atoms with E-state index in [2.05, 4.69) is 15.0 Å². The summed E-state index contributed by atoms with van der Waals surface area (Å²) in [5, 5.41) is 2.65. The van der Waals surface area contributed by atoms with Gasteiger partial charge < -0.3 is 19.2 Å². The Kier molecular flexibility index (Phi) is 7.11. The molecule has 6 nitrogen and oxygen atoms in total. The van der Waals surface area contributed by atoms with Gasteiger partial charge in [0, 0.05) is 25.5 Å². The molecule has 1 N–H and O–H groups in total. The van der Waals surface area contributed by atoms with Gasteiger partial charge in [0.1, 0.15) is 11.6 Å². The molecular formula is C21H18F4N2O4. The molecule has 0 fully saturated rings. The molecule has 1 amide bonds. The van der Waals surface area contributed by atoms with Crippen LogP contribution in [0.1, 0.15) is 17.9 Å². The zero-order valence-electron chi connectivity index (χ0n) is 16.3. The Balaban J connectivity index is 1.54. The lowest BCUT2D eigenvalue weighted by molar-refractivity contribution is -0.121. The molecule has 10 heteroatoms. The summed E-state index contributed by atoms with van der Waals surface area (Å²) in [5.41, 5.74) is 0.598. The lowest BCUT2D eigenvalue weighted by Gasteiger charge is -2.12. The Hall–Kier alpha value is -3.56. The normalized spacial score (nSPS) is 10.9. The molecule has 2 aromatic carbocycles. The number of hydrogen-bond acceptors (Lipinski definition) is 5. The predicted octanol–water partition coefficient (Wildman–Crippen LogP) is 4.48. The summed E-state index contributed by atoms with van der Waals surface area (Å²) in [6.45, 7) is -2.92. The van der Waals surface area contributed by atoms with E-state index >= 15 is 0 Å². The third-order valence-electron chi connectivity index (χ3n) is 4.25. The molecule has 3 rings (SSSR count). The molecule has 0 atom stereocenters. The number of nitrogens with zero attached hydrogens (tertiary/aromatic N) is 1. The maximum Gasteiger partial charge on any atom is 0.387 e. The van der Waals surface area contributed by atoms with E-state index < -0.39 is 18.2 Å². The van der Waals surface area contributed by atoms with Gasteiger partial charge in [-0.2, -0.15) is 8.78 Å². The number of ether oxygens (including phenoxy) is 2. The van der Waals surface area contributed by atoms with Crippen LogP contribution >= 0.6 is 0 Å². The first-order valence-electron chi connectivity index (χ1n) is 9.14. The van der Waals surface area contributed by atoms with E-state index in [1.807, 2.05) is 0 Å². The Morgan fingerprint density at radius 2 is 1.97 bits per heavy atom. The number of halogens is 4. The van der Waals surface area contributed by atoms with Crippen molar-refractivity contribution in [1.29, 1.82) is 0 Å². The van der Waals surface area contributed by atoms with E-state index in [-0.39, 0.29) is 54.0 Å². The highest BCUT2D eigenvalue weighted by Gasteiger charge is 2.14. The molecule has 1 heterocycles. The second kappa shape index (κ2) is 9.96. The summed E-state index contributed by atoms with van der Waals surface area (Å²) in [4.78, 5) is 16.1. The molecule has 0 radical (unpaired) electrons. The number of alkyl halides is 2. The minimum Gasteiger partial charge on any atom is -0.493 e.